The first-order valence-electron chi connectivity index (χ1n) is 10.0. The van der Waals surface area contributed by atoms with Crippen molar-refractivity contribution >= 4 is 11.6 Å². The molecule has 2 unspecified atom stereocenters. The predicted molar refractivity (Wildman–Crippen MR) is 108 cm³/mol. The summed E-state index contributed by atoms with van der Waals surface area (Å²) < 4.78 is 28.2. The van der Waals surface area contributed by atoms with Crippen molar-refractivity contribution in [3.8, 4) is 0 Å². The molecular weight excluding hydrogens is 358 g/mol. The van der Waals surface area contributed by atoms with Crippen LogP contribution in [0.5, 0.6) is 0 Å². The maximum atomic E-state index is 14.4. The van der Waals surface area contributed by atoms with E-state index in [-0.39, 0.29) is 29.5 Å². The first kappa shape index (κ1) is 20.5. The molecular formula is C23H28F2N2O. The molecule has 150 valence electrons. The zero-order valence-corrected chi connectivity index (χ0v) is 16.6. The topological polar surface area (TPSA) is 23.6 Å². The van der Waals surface area contributed by atoms with E-state index >= 15 is 0 Å². The van der Waals surface area contributed by atoms with Crippen LogP contribution < -0.4 is 4.90 Å². The molecule has 0 N–H and O–H groups in total. The van der Waals surface area contributed by atoms with E-state index in [0.29, 0.717) is 18.5 Å². The molecule has 0 spiro atoms. The standard InChI is InChI=1S/C23H28F2N2O/c1-3-23(28)27(22-11-7-6-10-20(22)25)21-13-15-26(16-17(21)2)14-12-18-8-4-5-9-19(18)24/h4-11,17,21H,3,12-16H2,1-2H3. The minimum absolute atomic E-state index is 0.0333. The molecule has 2 aromatic carbocycles. The maximum Gasteiger partial charge on any atom is 0.227 e. The lowest BCUT2D eigenvalue weighted by Crippen LogP contribution is -2.52. The van der Waals surface area contributed by atoms with E-state index in [0.717, 1.165) is 31.6 Å². The molecule has 1 heterocycles. The van der Waals surface area contributed by atoms with Gasteiger partial charge in [0.15, 0.2) is 0 Å². The molecule has 0 aromatic heterocycles. The van der Waals surface area contributed by atoms with Gasteiger partial charge in [0.2, 0.25) is 5.91 Å². The van der Waals surface area contributed by atoms with Crippen molar-refractivity contribution in [1.29, 1.82) is 0 Å². The van der Waals surface area contributed by atoms with Crippen molar-refractivity contribution in [2.45, 2.75) is 39.2 Å². The van der Waals surface area contributed by atoms with Crippen LogP contribution in [-0.2, 0) is 11.2 Å². The molecule has 1 aliphatic heterocycles. The minimum atomic E-state index is -0.363. The van der Waals surface area contributed by atoms with Crippen molar-refractivity contribution in [3.05, 3.63) is 65.7 Å². The molecule has 1 amide bonds. The Morgan fingerprint density at radius 2 is 1.79 bits per heavy atom. The number of para-hydroxylation sites is 1. The summed E-state index contributed by atoms with van der Waals surface area (Å²) in [6.45, 7) is 6.31. The van der Waals surface area contributed by atoms with Crippen LogP contribution in [-0.4, -0.2) is 36.5 Å². The number of anilines is 1. The zero-order chi connectivity index (χ0) is 20.1. The number of hydrogen-bond acceptors (Lipinski definition) is 2. The highest BCUT2D eigenvalue weighted by molar-refractivity contribution is 5.94. The number of nitrogens with zero attached hydrogens (tertiary/aromatic N) is 2. The van der Waals surface area contributed by atoms with Gasteiger partial charge in [0.1, 0.15) is 11.6 Å². The summed E-state index contributed by atoms with van der Waals surface area (Å²) >= 11 is 0. The largest absolute Gasteiger partial charge is 0.306 e. The average molecular weight is 386 g/mol. The number of carbonyl (C=O) groups is 1. The molecule has 3 rings (SSSR count). The molecule has 0 aliphatic carbocycles. The third kappa shape index (κ3) is 4.58. The van der Waals surface area contributed by atoms with Crippen molar-refractivity contribution in [3.63, 3.8) is 0 Å². The van der Waals surface area contributed by atoms with E-state index in [2.05, 4.69) is 11.8 Å². The highest BCUT2D eigenvalue weighted by Crippen LogP contribution is 2.30. The van der Waals surface area contributed by atoms with Crippen LogP contribution in [0.2, 0.25) is 0 Å². The Bertz CT molecular complexity index is 811. The van der Waals surface area contributed by atoms with Crippen LogP contribution in [0.4, 0.5) is 14.5 Å². The monoisotopic (exact) mass is 386 g/mol. The van der Waals surface area contributed by atoms with Crippen molar-refractivity contribution in [1.82, 2.24) is 4.90 Å². The second kappa shape index (κ2) is 9.28. The summed E-state index contributed by atoms with van der Waals surface area (Å²) in [5.41, 5.74) is 1.09. The van der Waals surface area contributed by atoms with Gasteiger partial charge < -0.3 is 9.80 Å². The van der Waals surface area contributed by atoms with Gasteiger partial charge in [-0.25, -0.2) is 8.78 Å². The number of hydrogen-bond donors (Lipinski definition) is 0. The Morgan fingerprint density at radius 1 is 1.11 bits per heavy atom. The van der Waals surface area contributed by atoms with Gasteiger partial charge >= 0.3 is 0 Å². The van der Waals surface area contributed by atoms with Gasteiger partial charge in [-0.1, -0.05) is 44.2 Å². The van der Waals surface area contributed by atoms with Crippen LogP contribution in [0, 0.1) is 17.6 Å². The zero-order valence-electron chi connectivity index (χ0n) is 16.6. The summed E-state index contributed by atoms with van der Waals surface area (Å²) in [5, 5.41) is 0. The van der Waals surface area contributed by atoms with Gasteiger partial charge in [-0.3, -0.25) is 4.79 Å². The van der Waals surface area contributed by atoms with E-state index < -0.39 is 0 Å². The maximum absolute atomic E-state index is 14.4. The molecule has 0 saturated carbocycles. The lowest BCUT2D eigenvalue weighted by atomic mass is 9.91. The van der Waals surface area contributed by atoms with Gasteiger partial charge in [0.25, 0.3) is 0 Å². The Morgan fingerprint density at radius 3 is 2.43 bits per heavy atom. The Labute approximate surface area is 166 Å². The SMILES string of the molecule is CCC(=O)N(c1ccccc1F)C1CCN(CCc2ccccc2F)CC1C. The molecule has 1 aliphatic rings. The van der Waals surface area contributed by atoms with Gasteiger partial charge in [0.05, 0.1) is 5.69 Å². The number of halogens is 2. The molecule has 1 saturated heterocycles. The van der Waals surface area contributed by atoms with Crippen molar-refractivity contribution in [2.75, 3.05) is 24.5 Å². The number of benzene rings is 2. The predicted octanol–water partition coefficient (Wildman–Crippen LogP) is 4.66. The lowest BCUT2D eigenvalue weighted by Gasteiger charge is -2.42. The van der Waals surface area contributed by atoms with Crippen LogP contribution in [0.1, 0.15) is 32.3 Å². The number of carbonyl (C=O) groups excluding carboxylic acids is 1. The first-order chi connectivity index (χ1) is 13.5. The minimum Gasteiger partial charge on any atom is -0.306 e. The normalized spacial score (nSPS) is 20.1. The number of rotatable bonds is 6. The number of amides is 1. The fourth-order valence-electron chi connectivity index (χ4n) is 4.10. The van der Waals surface area contributed by atoms with Gasteiger partial charge in [0, 0.05) is 32.1 Å². The number of likely N-dealkylation sites (tertiary alicyclic amines) is 1. The highest BCUT2D eigenvalue weighted by Gasteiger charge is 2.34. The van der Waals surface area contributed by atoms with E-state index in [1.54, 1.807) is 29.2 Å². The Hall–Kier alpha value is -2.27. The molecule has 0 radical (unpaired) electrons. The molecule has 2 atom stereocenters. The molecule has 3 nitrogen and oxygen atoms in total. The second-order valence-electron chi connectivity index (χ2n) is 7.54. The van der Waals surface area contributed by atoms with Gasteiger partial charge in [-0.15, -0.1) is 0 Å². The van der Waals surface area contributed by atoms with E-state index in [1.807, 2.05) is 19.1 Å². The molecule has 2 aromatic rings. The first-order valence-corrected chi connectivity index (χ1v) is 10.0. The van der Waals surface area contributed by atoms with E-state index in [4.69, 9.17) is 0 Å². The Balaban J connectivity index is 1.68. The quantitative estimate of drug-likeness (QED) is 0.721. The van der Waals surface area contributed by atoms with Crippen LogP contribution in [0.15, 0.2) is 48.5 Å². The summed E-state index contributed by atoms with van der Waals surface area (Å²) in [4.78, 5) is 16.6. The summed E-state index contributed by atoms with van der Waals surface area (Å²) in [6.07, 6.45) is 1.78. The van der Waals surface area contributed by atoms with Gasteiger partial charge in [-0.05, 0) is 42.5 Å². The summed E-state index contributed by atoms with van der Waals surface area (Å²) in [7, 11) is 0. The lowest BCUT2D eigenvalue weighted by molar-refractivity contribution is -0.119. The van der Waals surface area contributed by atoms with Crippen LogP contribution in [0.3, 0.4) is 0 Å². The third-order valence-corrected chi connectivity index (χ3v) is 5.61. The molecule has 1 fully saturated rings. The molecule has 5 heteroatoms. The average Bonchev–Trinajstić information content (AvgIpc) is 2.70. The third-order valence-electron chi connectivity index (χ3n) is 5.61. The summed E-state index contributed by atoms with van der Waals surface area (Å²) in [6, 6.07) is 13.3. The van der Waals surface area contributed by atoms with Crippen molar-refractivity contribution < 1.29 is 13.6 Å². The van der Waals surface area contributed by atoms with Crippen LogP contribution >= 0.6 is 0 Å². The highest BCUT2D eigenvalue weighted by atomic mass is 19.1. The van der Waals surface area contributed by atoms with Crippen molar-refractivity contribution in [2.24, 2.45) is 5.92 Å². The van der Waals surface area contributed by atoms with E-state index in [1.165, 1.54) is 12.1 Å². The fourth-order valence-corrected chi connectivity index (χ4v) is 4.10. The molecule has 0 bridgehead atoms. The smallest absolute Gasteiger partial charge is 0.227 e. The van der Waals surface area contributed by atoms with E-state index in [9.17, 15) is 13.6 Å². The fraction of sp³-hybridized carbons (Fsp3) is 0.435. The van der Waals surface area contributed by atoms with Gasteiger partial charge in [-0.2, -0.15) is 0 Å². The summed E-state index contributed by atoms with van der Waals surface area (Å²) in [5.74, 6) is -0.380. The van der Waals surface area contributed by atoms with Crippen LogP contribution in [0.25, 0.3) is 0 Å². The Kier molecular flexibility index (Phi) is 6.79. The number of piperidine rings is 1. The second-order valence-corrected chi connectivity index (χ2v) is 7.54. The molecule has 28 heavy (non-hydrogen) atoms.